The molecule has 6 heteroatoms. The van der Waals surface area contributed by atoms with Crippen molar-refractivity contribution in [3.05, 3.63) is 42.2 Å². The second kappa shape index (κ2) is 10.4. The Morgan fingerprint density at radius 3 is 2.81 bits per heavy atom. The Kier molecular flexibility index (Phi) is 9.77. The zero-order valence-electron chi connectivity index (χ0n) is 12.5. The molecule has 0 aliphatic heterocycles. The van der Waals surface area contributed by atoms with Gasteiger partial charge in [0.2, 0.25) is 0 Å². The number of hydrogen-bond acceptors (Lipinski definition) is 2. The first-order valence-electron chi connectivity index (χ1n) is 6.58. The molecule has 0 aromatic heterocycles. The Labute approximate surface area is 142 Å². The van der Waals surface area contributed by atoms with Crippen LogP contribution in [0.25, 0.3) is 0 Å². The largest absolute Gasteiger partial charge is 0.505 e. The number of allylic oxidation sites excluding steroid dienone is 1. The number of guanidine groups is 1. The molecule has 21 heavy (non-hydrogen) atoms. The minimum absolute atomic E-state index is 0. The number of nitrogens with one attached hydrogen (secondary N) is 1. The molecule has 4 nitrogen and oxygen atoms in total. The summed E-state index contributed by atoms with van der Waals surface area (Å²) < 4.78 is 13.2. The van der Waals surface area contributed by atoms with E-state index in [0.29, 0.717) is 6.54 Å². The summed E-state index contributed by atoms with van der Waals surface area (Å²) in [7, 11) is 3.67. The standard InChI is InChI=1S/C15H22FN3O.HI/c1-4-5-6-9-19(3)15(17-2)18-11-12-7-8-14(20)13(16)10-12;/h4,7-8,10,20H,1,5-6,9,11H2,2-3H3,(H,17,18);1H. The van der Waals surface area contributed by atoms with E-state index in [1.54, 1.807) is 13.1 Å². The molecule has 0 saturated carbocycles. The Morgan fingerprint density at radius 1 is 1.52 bits per heavy atom. The lowest BCUT2D eigenvalue weighted by Gasteiger charge is -2.21. The van der Waals surface area contributed by atoms with Gasteiger partial charge in [0.25, 0.3) is 0 Å². The van der Waals surface area contributed by atoms with Crippen molar-refractivity contribution >= 4 is 29.9 Å². The Morgan fingerprint density at radius 2 is 2.24 bits per heavy atom. The molecular formula is C15H23FIN3O. The first-order valence-corrected chi connectivity index (χ1v) is 6.58. The molecular weight excluding hydrogens is 384 g/mol. The molecule has 0 spiro atoms. The van der Waals surface area contributed by atoms with E-state index in [9.17, 15) is 4.39 Å². The summed E-state index contributed by atoms with van der Waals surface area (Å²) in [6.45, 7) is 5.02. The normalized spacial score (nSPS) is 10.7. The number of aromatic hydroxyl groups is 1. The Bertz CT molecular complexity index is 480. The second-order valence-corrected chi connectivity index (χ2v) is 4.54. The van der Waals surface area contributed by atoms with Gasteiger partial charge in [0, 0.05) is 27.2 Å². The summed E-state index contributed by atoms with van der Waals surface area (Å²) in [6, 6.07) is 4.34. The molecule has 1 aromatic rings. The molecule has 0 fully saturated rings. The molecule has 0 amide bonds. The van der Waals surface area contributed by atoms with Gasteiger partial charge in [0.05, 0.1) is 0 Å². The molecule has 0 aliphatic carbocycles. The third kappa shape index (κ3) is 6.79. The average molecular weight is 407 g/mol. The molecule has 1 rings (SSSR count). The molecule has 0 radical (unpaired) electrons. The average Bonchev–Trinajstić information content (AvgIpc) is 2.43. The van der Waals surface area contributed by atoms with Gasteiger partial charge in [-0.15, -0.1) is 30.6 Å². The smallest absolute Gasteiger partial charge is 0.193 e. The van der Waals surface area contributed by atoms with Crippen molar-refractivity contribution in [2.75, 3.05) is 20.6 Å². The lowest BCUT2D eigenvalue weighted by molar-refractivity contribution is 0.431. The fraction of sp³-hybridized carbons (Fsp3) is 0.400. The van der Waals surface area contributed by atoms with Crippen molar-refractivity contribution < 1.29 is 9.50 Å². The van der Waals surface area contributed by atoms with E-state index in [0.717, 1.165) is 30.9 Å². The van der Waals surface area contributed by atoms with Crippen LogP contribution in [0, 0.1) is 5.82 Å². The van der Waals surface area contributed by atoms with Crippen LogP contribution in [-0.4, -0.2) is 36.6 Å². The maximum atomic E-state index is 13.2. The lowest BCUT2D eigenvalue weighted by atomic mass is 10.2. The number of rotatable bonds is 6. The first kappa shape index (κ1) is 19.7. The zero-order chi connectivity index (χ0) is 15.0. The minimum Gasteiger partial charge on any atom is -0.505 e. The summed E-state index contributed by atoms with van der Waals surface area (Å²) in [4.78, 5) is 6.20. The van der Waals surface area contributed by atoms with Crippen molar-refractivity contribution in [1.82, 2.24) is 10.2 Å². The molecule has 118 valence electrons. The Balaban J connectivity index is 0.00000400. The molecule has 0 heterocycles. The highest BCUT2D eigenvalue weighted by Crippen LogP contribution is 2.15. The summed E-state index contributed by atoms with van der Waals surface area (Å²) in [5.74, 6) is -0.194. The lowest BCUT2D eigenvalue weighted by Crippen LogP contribution is -2.38. The number of unbranched alkanes of at least 4 members (excludes halogenated alkanes) is 1. The van der Waals surface area contributed by atoms with Gasteiger partial charge in [0.15, 0.2) is 17.5 Å². The van der Waals surface area contributed by atoms with Crippen LogP contribution in [0.15, 0.2) is 35.8 Å². The van der Waals surface area contributed by atoms with Gasteiger partial charge < -0.3 is 15.3 Å². The van der Waals surface area contributed by atoms with E-state index in [1.165, 1.54) is 12.1 Å². The van der Waals surface area contributed by atoms with Crippen molar-refractivity contribution in [3.63, 3.8) is 0 Å². The van der Waals surface area contributed by atoms with Gasteiger partial charge in [0.1, 0.15) is 0 Å². The number of phenolic OH excluding ortho intramolecular Hbond substituents is 1. The maximum absolute atomic E-state index is 13.2. The van der Waals surface area contributed by atoms with Crippen LogP contribution < -0.4 is 5.32 Å². The van der Waals surface area contributed by atoms with Crippen molar-refractivity contribution in [2.45, 2.75) is 19.4 Å². The van der Waals surface area contributed by atoms with Gasteiger partial charge in [-0.2, -0.15) is 0 Å². The van der Waals surface area contributed by atoms with E-state index in [2.05, 4.69) is 16.9 Å². The maximum Gasteiger partial charge on any atom is 0.193 e. The van der Waals surface area contributed by atoms with Crippen molar-refractivity contribution in [2.24, 2.45) is 4.99 Å². The van der Waals surface area contributed by atoms with Gasteiger partial charge in [-0.25, -0.2) is 4.39 Å². The van der Waals surface area contributed by atoms with Crippen LogP contribution in [0.5, 0.6) is 5.75 Å². The molecule has 0 atom stereocenters. The molecule has 0 aliphatic rings. The number of nitrogens with zero attached hydrogens (tertiary/aromatic N) is 2. The van der Waals surface area contributed by atoms with E-state index in [-0.39, 0.29) is 29.7 Å². The highest BCUT2D eigenvalue weighted by atomic mass is 127. The van der Waals surface area contributed by atoms with Crippen LogP contribution in [0.4, 0.5) is 4.39 Å². The van der Waals surface area contributed by atoms with Gasteiger partial charge in [-0.1, -0.05) is 12.1 Å². The highest BCUT2D eigenvalue weighted by molar-refractivity contribution is 14.0. The van der Waals surface area contributed by atoms with E-state index >= 15 is 0 Å². The van der Waals surface area contributed by atoms with Crippen LogP contribution in [0.1, 0.15) is 18.4 Å². The van der Waals surface area contributed by atoms with E-state index in [1.807, 2.05) is 18.0 Å². The zero-order valence-corrected chi connectivity index (χ0v) is 14.8. The summed E-state index contributed by atoms with van der Waals surface area (Å²) >= 11 is 0. The number of halogens is 2. The molecule has 0 bridgehead atoms. The number of phenols is 1. The third-order valence-corrected chi connectivity index (χ3v) is 2.94. The first-order chi connectivity index (χ1) is 9.58. The van der Waals surface area contributed by atoms with Crippen LogP contribution >= 0.6 is 24.0 Å². The van der Waals surface area contributed by atoms with Crippen LogP contribution in [0.2, 0.25) is 0 Å². The van der Waals surface area contributed by atoms with Crippen molar-refractivity contribution in [1.29, 1.82) is 0 Å². The van der Waals surface area contributed by atoms with Gasteiger partial charge in [-0.3, -0.25) is 4.99 Å². The number of benzene rings is 1. The number of hydrogen-bond donors (Lipinski definition) is 2. The summed E-state index contributed by atoms with van der Waals surface area (Å²) in [6.07, 6.45) is 3.86. The summed E-state index contributed by atoms with van der Waals surface area (Å²) in [5, 5.41) is 12.3. The van der Waals surface area contributed by atoms with Crippen LogP contribution in [0.3, 0.4) is 0 Å². The monoisotopic (exact) mass is 407 g/mol. The predicted molar refractivity (Wildman–Crippen MR) is 95.7 cm³/mol. The SMILES string of the molecule is C=CCCCN(C)C(=NC)NCc1ccc(O)c(F)c1.I. The minimum atomic E-state index is -0.612. The van der Waals surface area contributed by atoms with E-state index in [4.69, 9.17) is 5.11 Å². The molecule has 0 unspecified atom stereocenters. The predicted octanol–water partition coefficient (Wildman–Crippen LogP) is 3.12. The second-order valence-electron chi connectivity index (χ2n) is 4.54. The molecule has 0 saturated heterocycles. The topological polar surface area (TPSA) is 47.9 Å². The Hall–Kier alpha value is -1.31. The summed E-state index contributed by atoms with van der Waals surface area (Å²) in [5.41, 5.74) is 0.751. The highest BCUT2D eigenvalue weighted by Gasteiger charge is 2.06. The third-order valence-electron chi connectivity index (χ3n) is 2.94. The number of aliphatic imine (C=N–C) groups is 1. The molecule has 2 N–H and O–H groups in total. The van der Waals surface area contributed by atoms with E-state index < -0.39 is 5.82 Å². The fourth-order valence-corrected chi connectivity index (χ4v) is 1.80. The molecule has 1 aromatic carbocycles. The fourth-order valence-electron chi connectivity index (χ4n) is 1.80. The quantitative estimate of drug-likeness (QED) is 0.251. The van der Waals surface area contributed by atoms with Crippen molar-refractivity contribution in [3.8, 4) is 5.75 Å². The van der Waals surface area contributed by atoms with Gasteiger partial charge in [-0.05, 0) is 30.5 Å². The van der Waals surface area contributed by atoms with Crippen LogP contribution in [-0.2, 0) is 6.54 Å². The van der Waals surface area contributed by atoms with Gasteiger partial charge >= 0.3 is 0 Å².